The Balaban J connectivity index is 0.823. The summed E-state index contributed by atoms with van der Waals surface area (Å²) in [4.78, 5) is 15.4. The van der Waals surface area contributed by atoms with Crippen LogP contribution < -0.4 is 0 Å². The first-order chi connectivity index (χ1) is 44.1. The fourth-order valence-electron chi connectivity index (χ4n) is 16.3. The van der Waals surface area contributed by atoms with E-state index in [0.29, 0.717) is 29.3 Å². The van der Waals surface area contributed by atoms with Crippen molar-refractivity contribution in [2.24, 2.45) is 11.8 Å². The van der Waals surface area contributed by atoms with Crippen molar-refractivity contribution in [2.75, 3.05) is 0 Å². The second-order valence-corrected chi connectivity index (χ2v) is 25.0. The van der Waals surface area contributed by atoms with E-state index in [1.807, 2.05) is 36.4 Å². The van der Waals surface area contributed by atoms with Gasteiger partial charge in [0.2, 0.25) is 0 Å². The van der Waals surface area contributed by atoms with Gasteiger partial charge in [-0.05, 0) is 183 Å². The molecule has 12 aromatic carbocycles. The molecule has 4 aliphatic carbocycles. The highest BCUT2D eigenvalue weighted by Gasteiger charge is 2.46. The molecule has 3 heterocycles. The van der Waals surface area contributed by atoms with E-state index in [0.717, 1.165) is 34.2 Å². The molecule has 19 rings (SSSR count). The van der Waals surface area contributed by atoms with Crippen molar-refractivity contribution in [3.8, 4) is 101 Å². The third kappa shape index (κ3) is 8.62. The summed E-state index contributed by atoms with van der Waals surface area (Å²) in [6, 6.07) is 105. The molecule has 15 aromatic rings. The largest absolute Gasteiger partial charge is 0.309 e. The zero-order valence-electron chi connectivity index (χ0n) is 49.2. The van der Waals surface area contributed by atoms with Crippen molar-refractivity contribution in [1.82, 2.24) is 24.1 Å². The topological polar surface area (TPSA) is 48.5 Å². The van der Waals surface area contributed by atoms with Crippen LogP contribution in [0.1, 0.15) is 55.1 Å². The summed E-state index contributed by atoms with van der Waals surface area (Å²) in [5, 5.41) is 4.97. The molecule has 2 saturated carbocycles. The maximum atomic E-state index is 5.19. The minimum Gasteiger partial charge on any atom is -0.309 e. The van der Waals surface area contributed by atoms with Gasteiger partial charge in [0.1, 0.15) is 0 Å². The van der Waals surface area contributed by atoms with Crippen molar-refractivity contribution >= 4 is 43.6 Å². The Bertz CT molecular complexity index is 5140. The predicted octanol–water partition coefficient (Wildman–Crippen LogP) is 21.8. The summed E-state index contributed by atoms with van der Waals surface area (Å²) < 4.78 is 4.86. The molecule has 5 nitrogen and oxygen atoms in total. The van der Waals surface area contributed by atoms with Gasteiger partial charge in [0.25, 0.3) is 0 Å². The lowest BCUT2D eigenvalue weighted by Gasteiger charge is -2.38. The zero-order valence-corrected chi connectivity index (χ0v) is 49.2. The molecule has 2 fully saturated rings. The van der Waals surface area contributed by atoms with Crippen LogP contribution in [0.4, 0.5) is 0 Å². The van der Waals surface area contributed by atoms with E-state index in [9.17, 15) is 0 Å². The van der Waals surface area contributed by atoms with Crippen molar-refractivity contribution in [2.45, 2.75) is 43.9 Å². The van der Waals surface area contributed by atoms with Gasteiger partial charge in [0.05, 0.1) is 22.1 Å². The maximum absolute atomic E-state index is 5.19. The van der Waals surface area contributed by atoms with Gasteiger partial charge in [-0.3, -0.25) is 0 Å². The number of hydrogen-bond donors (Lipinski definition) is 0. The fraction of sp³-hybridized carbons (Fsp3) is 0.107. The molecule has 0 N–H and O–H groups in total. The Kier molecular flexibility index (Phi) is 12.1. The number of fused-ring (bicyclic) bond motifs is 6. The normalized spacial score (nSPS) is 16.8. The number of nitrogens with zero attached hydrogens (tertiary/aromatic N) is 5. The zero-order chi connectivity index (χ0) is 58.5. The van der Waals surface area contributed by atoms with E-state index in [-0.39, 0.29) is 0 Å². The lowest BCUT2D eigenvalue weighted by Crippen LogP contribution is -2.25. The van der Waals surface area contributed by atoms with Crippen LogP contribution >= 0.6 is 0 Å². The van der Waals surface area contributed by atoms with Crippen molar-refractivity contribution < 1.29 is 0 Å². The summed E-state index contributed by atoms with van der Waals surface area (Å²) in [6.07, 6.45) is 6.38. The molecule has 89 heavy (non-hydrogen) atoms. The highest BCUT2D eigenvalue weighted by molar-refractivity contribution is 6.13. The second-order valence-electron chi connectivity index (χ2n) is 25.0. The van der Waals surface area contributed by atoms with Crippen molar-refractivity contribution in [3.63, 3.8) is 0 Å². The summed E-state index contributed by atoms with van der Waals surface area (Å²) >= 11 is 0. The van der Waals surface area contributed by atoms with Crippen LogP contribution in [0.15, 0.2) is 285 Å². The highest BCUT2D eigenvalue weighted by atomic mass is 15.0. The van der Waals surface area contributed by atoms with Crippen LogP contribution in [0.25, 0.3) is 145 Å². The Morgan fingerprint density at radius 2 is 0.539 bits per heavy atom. The van der Waals surface area contributed by atoms with Gasteiger partial charge < -0.3 is 9.13 Å². The minimum absolute atomic E-state index is 0.478. The van der Waals surface area contributed by atoms with E-state index in [2.05, 4.69) is 258 Å². The average molecular weight is 1140 g/mol. The molecule has 5 heteroatoms. The fourth-order valence-corrected chi connectivity index (χ4v) is 16.3. The Morgan fingerprint density at radius 3 is 0.966 bits per heavy atom. The number of para-hydroxylation sites is 3. The van der Waals surface area contributed by atoms with Crippen LogP contribution in [0, 0.1) is 11.8 Å². The van der Waals surface area contributed by atoms with Crippen LogP contribution in [0.5, 0.6) is 0 Å². The molecule has 4 bridgehead atoms. The molecule has 0 amide bonds. The van der Waals surface area contributed by atoms with Gasteiger partial charge in [0.15, 0.2) is 17.5 Å². The first-order valence-electron chi connectivity index (χ1n) is 31.7. The lowest BCUT2D eigenvalue weighted by atomic mass is 9.66. The van der Waals surface area contributed by atoms with Gasteiger partial charge in [-0.2, -0.15) is 0 Å². The Morgan fingerprint density at radius 1 is 0.236 bits per heavy atom. The maximum Gasteiger partial charge on any atom is 0.164 e. The third-order valence-electron chi connectivity index (χ3n) is 19.9. The molecular weight excluding hydrogens is 1080 g/mol. The van der Waals surface area contributed by atoms with E-state index in [4.69, 9.17) is 15.0 Å². The predicted molar refractivity (Wildman–Crippen MR) is 368 cm³/mol. The average Bonchev–Trinajstić information content (AvgIpc) is 2.20. The Labute approximate surface area is 517 Å². The van der Waals surface area contributed by atoms with Gasteiger partial charge in [0, 0.05) is 49.6 Å². The molecule has 0 spiro atoms. The SMILES string of the molecule is c1ccc(-c2nc(-c3ccccc3)nc(-c3ccc(-c4c(-c5ccc(-n6c7ccccc7c7cc(-c8ccc9c(c8)c8ccccc8n9-c8ccccc8)ccc76)cc5)c(-c5ccccc5)c5c(c4-c4ccccc4)C4CC6CC(C4)CC5C6)cc3)n2)cc1. The summed E-state index contributed by atoms with van der Waals surface area (Å²) in [5.74, 6) is 4.39. The molecular formula is C84H61N5. The third-order valence-corrected chi connectivity index (χ3v) is 19.9. The lowest BCUT2D eigenvalue weighted by molar-refractivity contribution is 0.166. The molecule has 2 atom stereocenters. The monoisotopic (exact) mass is 1140 g/mol. The van der Waals surface area contributed by atoms with Crippen LogP contribution in [0.2, 0.25) is 0 Å². The standard InChI is InChI=1S/C84H61N5/c1-6-20-55(21-7-1)76-78(57-34-36-61(37-35-57)84-86-82(59-24-10-3-11-25-59)85-83(87-84)60-26-12-4-13-27-60)79(77(56-22-8-2-9-23-56)81-65-49-53-46-54(50-65)48-64(47-53)80(76)81)58-38-42-67(43-39-58)89-73-33-19-17-31-69(73)71-52-63(41-45-75(71)89)62-40-44-74-70(51-62)68-30-16-18-32-72(68)88(74)66-28-14-5-15-29-66/h1-45,51-54,64-65H,46-50H2. The van der Waals surface area contributed by atoms with Crippen molar-refractivity contribution in [3.05, 3.63) is 296 Å². The molecule has 3 aromatic heterocycles. The molecule has 0 radical (unpaired) electrons. The Hall–Kier alpha value is -10.8. The molecule has 4 aliphatic rings. The van der Waals surface area contributed by atoms with Gasteiger partial charge in [-0.15, -0.1) is 0 Å². The second kappa shape index (κ2) is 21.0. The summed E-state index contributed by atoms with van der Waals surface area (Å²) in [6.45, 7) is 0. The number of rotatable bonds is 10. The highest BCUT2D eigenvalue weighted by Crippen LogP contribution is 2.63. The van der Waals surface area contributed by atoms with E-state index in [1.165, 1.54) is 137 Å². The van der Waals surface area contributed by atoms with Crippen molar-refractivity contribution in [1.29, 1.82) is 0 Å². The molecule has 0 aliphatic heterocycles. The van der Waals surface area contributed by atoms with Gasteiger partial charge >= 0.3 is 0 Å². The summed E-state index contributed by atoms with van der Waals surface area (Å²) in [7, 11) is 0. The smallest absolute Gasteiger partial charge is 0.164 e. The molecule has 2 unspecified atom stereocenters. The number of hydrogen-bond acceptors (Lipinski definition) is 3. The van der Waals surface area contributed by atoms with E-state index < -0.39 is 0 Å². The number of benzene rings is 12. The van der Waals surface area contributed by atoms with Crippen LogP contribution in [-0.4, -0.2) is 24.1 Å². The van der Waals surface area contributed by atoms with Gasteiger partial charge in [-0.1, -0.05) is 224 Å². The minimum atomic E-state index is 0.478. The van der Waals surface area contributed by atoms with E-state index in [1.54, 1.807) is 11.1 Å². The first kappa shape index (κ1) is 51.5. The van der Waals surface area contributed by atoms with Crippen LogP contribution in [0.3, 0.4) is 0 Å². The van der Waals surface area contributed by atoms with Gasteiger partial charge in [-0.25, -0.2) is 15.0 Å². The van der Waals surface area contributed by atoms with E-state index >= 15 is 0 Å². The molecule has 0 saturated heterocycles. The summed E-state index contributed by atoms with van der Waals surface area (Å²) in [5.41, 5.74) is 25.8. The van der Waals surface area contributed by atoms with Crippen LogP contribution in [-0.2, 0) is 0 Å². The quantitative estimate of drug-likeness (QED) is 0.137. The number of aromatic nitrogens is 5. The first-order valence-corrected chi connectivity index (χ1v) is 31.7. The molecule has 422 valence electrons.